The van der Waals surface area contributed by atoms with Gasteiger partial charge in [-0.3, -0.25) is 4.79 Å². The van der Waals surface area contributed by atoms with Crippen LogP contribution in [0, 0.1) is 0 Å². The molecule has 0 spiro atoms. The highest BCUT2D eigenvalue weighted by atomic mass is 79.9. The molecule has 2 rings (SSSR count). The minimum Gasteiger partial charge on any atom is -0.491 e. The van der Waals surface area contributed by atoms with Crippen LogP contribution >= 0.6 is 28.3 Å². The van der Waals surface area contributed by atoms with Gasteiger partial charge in [-0.2, -0.15) is 0 Å². The zero-order valence-corrected chi connectivity index (χ0v) is 14.7. The Balaban J connectivity index is 0.00000242. The maximum atomic E-state index is 12.1. The van der Waals surface area contributed by atoms with Gasteiger partial charge < -0.3 is 20.2 Å². The number of carbonyl (C=O) groups is 1. The lowest BCUT2D eigenvalue weighted by molar-refractivity contribution is 0.102. The zero-order chi connectivity index (χ0) is 15.4. The maximum Gasteiger partial charge on any atom is 0.258 e. The molecule has 120 valence electrons. The van der Waals surface area contributed by atoms with E-state index in [1.54, 1.807) is 18.2 Å². The summed E-state index contributed by atoms with van der Waals surface area (Å²) in [5.74, 6) is 0.995. The summed E-state index contributed by atoms with van der Waals surface area (Å²) in [7, 11) is 0. The number of furan rings is 1. The lowest BCUT2D eigenvalue weighted by Crippen LogP contribution is -2.11. The highest BCUT2D eigenvalue weighted by Crippen LogP contribution is 2.26. The number of anilines is 1. The fourth-order valence-electron chi connectivity index (χ4n) is 1.79. The lowest BCUT2D eigenvalue weighted by atomic mass is 10.2. The topological polar surface area (TPSA) is 77.5 Å². The summed E-state index contributed by atoms with van der Waals surface area (Å²) in [5.41, 5.74) is 6.53. The van der Waals surface area contributed by atoms with Crippen LogP contribution in [0.4, 0.5) is 5.69 Å². The van der Waals surface area contributed by atoms with Crippen LogP contribution in [0.5, 0.6) is 5.75 Å². The lowest BCUT2D eigenvalue weighted by Gasteiger charge is -2.12. The van der Waals surface area contributed by atoms with Crippen LogP contribution in [0.15, 0.2) is 39.4 Å². The molecule has 0 atom stereocenters. The molecule has 0 aliphatic carbocycles. The van der Waals surface area contributed by atoms with Gasteiger partial charge in [-0.1, -0.05) is 15.9 Å². The van der Waals surface area contributed by atoms with Gasteiger partial charge in [0.05, 0.1) is 18.2 Å². The van der Waals surface area contributed by atoms with E-state index >= 15 is 0 Å². The predicted molar refractivity (Wildman–Crippen MR) is 91.7 cm³/mol. The van der Waals surface area contributed by atoms with Gasteiger partial charge in [0, 0.05) is 16.2 Å². The Kier molecular flexibility index (Phi) is 6.93. The van der Waals surface area contributed by atoms with Gasteiger partial charge >= 0.3 is 0 Å². The minimum absolute atomic E-state index is 0. The first-order valence-corrected chi connectivity index (χ1v) is 7.33. The van der Waals surface area contributed by atoms with Crippen LogP contribution < -0.4 is 15.8 Å². The SMILES string of the molecule is CC(C)Oc1cc(Br)cc(NC(=O)c2coc(CN)c2)c1.Cl. The van der Waals surface area contributed by atoms with E-state index in [4.69, 9.17) is 14.9 Å². The molecule has 0 radical (unpaired) electrons. The Bertz CT molecular complexity index is 643. The fourth-order valence-corrected chi connectivity index (χ4v) is 2.26. The molecule has 1 aromatic carbocycles. The average molecular weight is 390 g/mol. The quantitative estimate of drug-likeness (QED) is 0.811. The third-order valence-electron chi connectivity index (χ3n) is 2.62. The third-order valence-corrected chi connectivity index (χ3v) is 3.08. The third kappa shape index (κ3) is 5.05. The molecule has 0 aliphatic heterocycles. The summed E-state index contributed by atoms with van der Waals surface area (Å²) in [6.45, 7) is 4.15. The molecule has 2 aromatic rings. The smallest absolute Gasteiger partial charge is 0.258 e. The van der Waals surface area contributed by atoms with Gasteiger partial charge in [-0.05, 0) is 32.0 Å². The molecule has 1 heterocycles. The highest BCUT2D eigenvalue weighted by Gasteiger charge is 2.11. The van der Waals surface area contributed by atoms with E-state index in [2.05, 4.69) is 21.2 Å². The number of nitrogens with two attached hydrogens (primary N) is 1. The highest BCUT2D eigenvalue weighted by molar-refractivity contribution is 9.10. The molecule has 0 saturated heterocycles. The number of amides is 1. The molecule has 0 aliphatic rings. The molecule has 1 amide bonds. The Hall–Kier alpha value is -1.50. The van der Waals surface area contributed by atoms with Gasteiger partial charge in [-0.15, -0.1) is 12.4 Å². The molecule has 22 heavy (non-hydrogen) atoms. The van der Waals surface area contributed by atoms with Crippen molar-refractivity contribution in [3.8, 4) is 5.75 Å². The molecular formula is C15H18BrClN2O3. The Labute approximate surface area is 143 Å². The van der Waals surface area contributed by atoms with Crippen molar-refractivity contribution in [3.63, 3.8) is 0 Å². The molecule has 0 saturated carbocycles. The van der Waals surface area contributed by atoms with E-state index in [0.717, 1.165) is 4.47 Å². The first kappa shape index (κ1) is 18.5. The van der Waals surface area contributed by atoms with Crippen molar-refractivity contribution in [1.29, 1.82) is 0 Å². The van der Waals surface area contributed by atoms with Gasteiger partial charge in [0.2, 0.25) is 0 Å². The van der Waals surface area contributed by atoms with Crippen LogP contribution in [0.2, 0.25) is 0 Å². The van der Waals surface area contributed by atoms with Crippen LogP contribution in [-0.2, 0) is 6.54 Å². The number of hydrogen-bond donors (Lipinski definition) is 2. The largest absolute Gasteiger partial charge is 0.491 e. The predicted octanol–water partition coefficient (Wildman–Crippen LogP) is 3.96. The number of carbonyl (C=O) groups excluding carboxylic acids is 1. The summed E-state index contributed by atoms with van der Waals surface area (Å²) in [6, 6.07) is 7.04. The second-order valence-corrected chi connectivity index (χ2v) is 5.72. The van der Waals surface area contributed by atoms with Gasteiger partial charge in [0.25, 0.3) is 5.91 Å². The number of rotatable bonds is 5. The number of nitrogens with one attached hydrogen (secondary N) is 1. The van der Waals surface area contributed by atoms with Crippen molar-refractivity contribution in [2.45, 2.75) is 26.5 Å². The maximum absolute atomic E-state index is 12.1. The zero-order valence-electron chi connectivity index (χ0n) is 12.3. The molecule has 0 unspecified atom stereocenters. The summed E-state index contributed by atoms with van der Waals surface area (Å²) < 4.78 is 11.6. The Morgan fingerprint density at radius 2 is 2.09 bits per heavy atom. The van der Waals surface area contributed by atoms with E-state index in [1.165, 1.54) is 6.26 Å². The van der Waals surface area contributed by atoms with E-state index in [1.807, 2.05) is 19.9 Å². The van der Waals surface area contributed by atoms with Crippen molar-refractivity contribution >= 4 is 39.9 Å². The summed E-state index contributed by atoms with van der Waals surface area (Å²) in [4.78, 5) is 12.1. The molecule has 0 bridgehead atoms. The van der Waals surface area contributed by atoms with E-state index in [-0.39, 0.29) is 31.0 Å². The van der Waals surface area contributed by atoms with Crippen molar-refractivity contribution < 1.29 is 13.9 Å². The molecule has 5 nitrogen and oxygen atoms in total. The monoisotopic (exact) mass is 388 g/mol. The molecule has 7 heteroatoms. The van der Waals surface area contributed by atoms with Crippen LogP contribution in [0.25, 0.3) is 0 Å². The van der Waals surface area contributed by atoms with Crippen LogP contribution in [-0.4, -0.2) is 12.0 Å². The van der Waals surface area contributed by atoms with Crippen molar-refractivity contribution in [1.82, 2.24) is 0 Å². The van der Waals surface area contributed by atoms with Crippen molar-refractivity contribution in [2.24, 2.45) is 5.73 Å². The first-order chi connectivity index (χ1) is 9.97. The van der Waals surface area contributed by atoms with Crippen LogP contribution in [0.3, 0.4) is 0 Å². The first-order valence-electron chi connectivity index (χ1n) is 6.54. The number of ether oxygens (including phenoxy) is 1. The summed E-state index contributed by atoms with van der Waals surface area (Å²) >= 11 is 3.40. The second kappa shape index (κ2) is 8.22. The summed E-state index contributed by atoms with van der Waals surface area (Å²) in [6.07, 6.45) is 1.45. The van der Waals surface area contributed by atoms with Gasteiger partial charge in [-0.25, -0.2) is 0 Å². The number of halogens is 2. The minimum atomic E-state index is -0.257. The normalized spacial score (nSPS) is 10.2. The average Bonchev–Trinajstić information content (AvgIpc) is 2.85. The summed E-state index contributed by atoms with van der Waals surface area (Å²) in [5, 5.41) is 2.80. The number of benzene rings is 1. The molecular weight excluding hydrogens is 372 g/mol. The molecule has 3 N–H and O–H groups in total. The van der Waals surface area contributed by atoms with Gasteiger partial charge in [0.1, 0.15) is 17.8 Å². The number of hydrogen-bond acceptors (Lipinski definition) is 4. The molecule has 1 aromatic heterocycles. The fraction of sp³-hybridized carbons (Fsp3) is 0.267. The van der Waals surface area contributed by atoms with E-state index < -0.39 is 0 Å². The Morgan fingerprint density at radius 3 is 2.68 bits per heavy atom. The standard InChI is InChI=1S/C15H17BrN2O3.ClH/c1-9(2)21-13-5-11(16)4-12(6-13)18-15(19)10-3-14(7-17)20-8-10;/h3-6,8-9H,7,17H2,1-2H3,(H,18,19);1H. The van der Waals surface area contributed by atoms with E-state index in [9.17, 15) is 4.79 Å². The van der Waals surface area contributed by atoms with Crippen molar-refractivity contribution in [3.05, 3.63) is 46.3 Å². The Morgan fingerprint density at radius 1 is 1.36 bits per heavy atom. The van der Waals surface area contributed by atoms with Crippen LogP contribution in [0.1, 0.15) is 30.0 Å². The van der Waals surface area contributed by atoms with E-state index in [0.29, 0.717) is 22.8 Å². The van der Waals surface area contributed by atoms with Crippen molar-refractivity contribution in [2.75, 3.05) is 5.32 Å². The van der Waals surface area contributed by atoms with Gasteiger partial charge in [0.15, 0.2) is 0 Å². The molecule has 0 fully saturated rings. The second-order valence-electron chi connectivity index (χ2n) is 4.80.